The Morgan fingerprint density at radius 1 is 1.20 bits per heavy atom. The zero-order chi connectivity index (χ0) is 17.6. The third kappa shape index (κ3) is 2.68. The number of ether oxygens (including phenoxy) is 1. The maximum atomic E-state index is 5.64. The van der Waals surface area contributed by atoms with Gasteiger partial charge in [-0.05, 0) is 57.2 Å². The first-order valence-electron chi connectivity index (χ1n) is 8.99. The van der Waals surface area contributed by atoms with Crippen LogP contribution < -0.4 is 4.74 Å². The number of hydrogen-bond acceptors (Lipinski definition) is 4. The van der Waals surface area contributed by atoms with Crippen molar-refractivity contribution < 1.29 is 4.74 Å². The quantitative estimate of drug-likeness (QED) is 0.689. The molecule has 0 amide bonds. The fourth-order valence-corrected chi connectivity index (χ4v) is 3.81. The van der Waals surface area contributed by atoms with Crippen molar-refractivity contribution in [2.24, 2.45) is 5.92 Å². The van der Waals surface area contributed by atoms with Gasteiger partial charge in [0.1, 0.15) is 5.52 Å². The van der Waals surface area contributed by atoms with Gasteiger partial charge in [-0.2, -0.15) is 4.98 Å². The summed E-state index contributed by atoms with van der Waals surface area (Å²) in [6.45, 7) is 6.27. The smallest absolute Gasteiger partial charge is 0.297 e. The summed E-state index contributed by atoms with van der Waals surface area (Å²) in [5, 5.41) is 0. The van der Waals surface area contributed by atoms with Crippen molar-refractivity contribution in [1.82, 2.24) is 19.5 Å². The van der Waals surface area contributed by atoms with Gasteiger partial charge < -0.3 is 4.74 Å². The molecule has 3 aromatic heterocycles. The van der Waals surface area contributed by atoms with Gasteiger partial charge in [0.05, 0.1) is 18.3 Å². The monoisotopic (exact) mass is 336 g/mol. The van der Waals surface area contributed by atoms with Gasteiger partial charge in [0.25, 0.3) is 6.01 Å². The van der Waals surface area contributed by atoms with Gasteiger partial charge in [-0.3, -0.25) is 14.5 Å². The van der Waals surface area contributed by atoms with Crippen LogP contribution in [0.4, 0.5) is 0 Å². The van der Waals surface area contributed by atoms with E-state index >= 15 is 0 Å². The van der Waals surface area contributed by atoms with Crippen molar-refractivity contribution in [3.05, 3.63) is 35.8 Å². The van der Waals surface area contributed by atoms with Crippen molar-refractivity contribution in [2.75, 3.05) is 7.11 Å². The van der Waals surface area contributed by atoms with Crippen molar-refractivity contribution in [3.63, 3.8) is 0 Å². The summed E-state index contributed by atoms with van der Waals surface area (Å²) in [5.74, 6) is 0.732. The van der Waals surface area contributed by atoms with Gasteiger partial charge in [0.15, 0.2) is 0 Å². The predicted octanol–water partition coefficient (Wildman–Crippen LogP) is 4.48. The highest BCUT2D eigenvalue weighted by atomic mass is 16.5. The van der Waals surface area contributed by atoms with Crippen LogP contribution in [0.25, 0.3) is 22.3 Å². The fourth-order valence-electron chi connectivity index (χ4n) is 3.81. The molecule has 1 unspecified atom stereocenters. The summed E-state index contributed by atoms with van der Waals surface area (Å²) in [4.78, 5) is 14.0. The molecule has 0 spiro atoms. The van der Waals surface area contributed by atoms with Crippen LogP contribution in [-0.2, 0) is 0 Å². The first-order chi connectivity index (χ1) is 12.1. The van der Waals surface area contributed by atoms with E-state index in [1.165, 1.54) is 12.8 Å². The van der Waals surface area contributed by atoms with Gasteiger partial charge in [0.2, 0.25) is 0 Å². The molecule has 0 N–H and O–H groups in total. The summed E-state index contributed by atoms with van der Waals surface area (Å²) >= 11 is 0. The lowest BCUT2D eigenvalue weighted by Crippen LogP contribution is -2.11. The fraction of sp³-hybridized carbons (Fsp3) is 0.450. The van der Waals surface area contributed by atoms with Gasteiger partial charge in [0, 0.05) is 29.2 Å². The number of rotatable bonds is 5. The minimum atomic E-state index is 0.437. The first-order valence-corrected chi connectivity index (χ1v) is 8.99. The third-order valence-corrected chi connectivity index (χ3v) is 5.15. The number of pyridine rings is 2. The minimum absolute atomic E-state index is 0.437. The Hall–Kier alpha value is -2.43. The van der Waals surface area contributed by atoms with Gasteiger partial charge >= 0.3 is 0 Å². The standard InChI is InChI=1S/C20H24N4O/c1-5-16(14-7-8-14)24-17-10-11-21-18(19(17)23-20(24)25-4)15-9-6-12(2)22-13(15)3/h6,9-11,14,16H,5,7-8H2,1-4H3. The van der Waals surface area contributed by atoms with Gasteiger partial charge in [-0.25, -0.2) is 0 Å². The molecule has 0 bridgehead atoms. The third-order valence-electron chi connectivity index (χ3n) is 5.15. The lowest BCUT2D eigenvalue weighted by molar-refractivity contribution is 0.323. The highest BCUT2D eigenvalue weighted by molar-refractivity contribution is 5.91. The van der Waals surface area contributed by atoms with Crippen LogP contribution in [0.5, 0.6) is 6.01 Å². The molecule has 1 fully saturated rings. The topological polar surface area (TPSA) is 52.8 Å². The second-order valence-electron chi connectivity index (χ2n) is 6.89. The Bertz CT molecular complexity index is 927. The highest BCUT2D eigenvalue weighted by Crippen LogP contribution is 2.45. The van der Waals surface area contributed by atoms with Crippen molar-refractivity contribution in [1.29, 1.82) is 0 Å². The zero-order valence-electron chi connectivity index (χ0n) is 15.3. The van der Waals surface area contributed by atoms with E-state index in [4.69, 9.17) is 9.72 Å². The van der Waals surface area contributed by atoms with E-state index in [2.05, 4.69) is 33.6 Å². The van der Waals surface area contributed by atoms with Crippen molar-refractivity contribution >= 4 is 11.0 Å². The average Bonchev–Trinajstić information content (AvgIpc) is 3.36. The second-order valence-corrected chi connectivity index (χ2v) is 6.89. The van der Waals surface area contributed by atoms with Crippen LogP contribution in [0, 0.1) is 19.8 Å². The Balaban J connectivity index is 1.94. The normalized spacial score (nSPS) is 15.5. The molecule has 1 aliphatic rings. The van der Waals surface area contributed by atoms with Crippen LogP contribution in [0.1, 0.15) is 43.6 Å². The van der Waals surface area contributed by atoms with Crippen LogP contribution in [0.3, 0.4) is 0 Å². The predicted molar refractivity (Wildman–Crippen MR) is 98.8 cm³/mol. The summed E-state index contributed by atoms with van der Waals surface area (Å²) in [6.07, 6.45) is 5.53. The highest BCUT2D eigenvalue weighted by Gasteiger charge is 2.34. The Labute approximate surface area is 148 Å². The molecule has 1 atom stereocenters. The summed E-state index contributed by atoms with van der Waals surface area (Å²) < 4.78 is 7.91. The van der Waals surface area contributed by atoms with E-state index in [-0.39, 0.29) is 0 Å². The van der Waals surface area contributed by atoms with E-state index in [1.54, 1.807) is 7.11 Å². The van der Waals surface area contributed by atoms with Crippen LogP contribution in [-0.4, -0.2) is 26.6 Å². The van der Waals surface area contributed by atoms with Crippen molar-refractivity contribution in [3.8, 4) is 17.3 Å². The van der Waals surface area contributed by atoms with Crippen LogP contribution in [0.2, 0.25) is 0 Å². The molecule has 0 saturated heterocycles. The molecule has 5 nitrogen and oxygen atoms in total. The molecule has 5 heteroatoms. The van der Waals surface area contributed by atoms with Crippen molar-refractivity contribution in [2.45, 2.75) is 46.1 Å². The molecular formula is C20H24N4O. The van der Waals surface area contributed by atoms with Crippen LogP contribution >= 0.6 is 0 Å². The molecule has 130 valence electrons. The lowest BCUT2D eigenvalue weighted by atomic mass is 10.1. The molecule has 0 aliphatic heterocycles. The average molecular weight is 336 g/mol. The first kappa shape index (κ1) is 16.1. The van der Waals surface area contributed by atoms with E-state index in [0.717, 1.165) is 46.0 Å². The second kappa shape index (κ2) is 6.14. The van der Waals surface area contributed by atoms with Crippen LogP contribution in [0.15, 0.2) is 24.4 Å². The largest absolute Gasteiger partial charge is 0.468 e. The maximum Gasteiger partial charge on any atom is 0.297 e. The van der Waals surface area contributed by atoms with Gasteiger partial charge in [-0.1, -0.05) is 6.92 Å². The number of fused-ring (bicyclic) bond motifs is 1. The van der Waals surface area contributed by atoms with E-state index in [9.17, 15) is 0 Å². The molecule has 3 heterocycles. The number of aryl methyl sites for hydroxylation is 2. The summed E-state index contributed by atoms with van der Waals surface area (Å²) in [7, 11) is 1.70. The summed E-state index contributed by atoms with van der Waals surface area (Å²) in [5.41, 5.74) is 5.89. The number of imidazole rings is 1. The molecule has 25 heavy (non-hydrogen) atoms. The number of hydrogen-bond donors (Lipinski definition) is 0. The summed E-state index contributed by atoms with van der Waals surface area (Å²) in [6, 6.07) is 7.28. The van der Waals surface area contributed by atoms with E-state index < -0.39 is 0 Å². The lowest BCUT2D eigenvalue weighted by Gasteiger charge is -2.19. The maximum absolute atomic E-state index is 5.64. The van der Waals surface area contributed by atoms with E-state index in [1.807, 2.05) is 26.1 Å². The molecule has 3 aromatic rings. The molecular weight excluding hydrogens is 312 g/mol. The molecule has 0 aromatic carbocycles. The molecule has 1 aliphatic carbocycles. The van der Waals surface area contributed by atoms with E-state index in [0.29, 0.717) is 12.1 Å². The SMILES string of the molecule is CCC(C1CC1)n1c(OC)nc2c(-c3ccc(C)nc3C)nccc21. The Morgan fingerprint density at radius 3 is 2.64 bits per heavy atom. The number of aromatic nitrogens is 4. The molecule has 4 rings (SSSR count). The number of methoxy groups -OCH3 is 1. The Kier molecular flexibility index (Phi) is 3.94. The number of nitrogens with zero attached hydrogens (tertiary/aromatic N) is 4. The zero-order valence-corrected chi connectivity index (χ0v) is 15.3. The Morgan fingerprint density at radius 2 is 2.00 bits per heavy atom. The molecule has 1 saturated carbocycles. The van der Waals surface area contributed by atoms with Gasteiger partial charge in [-0.15, -0.1) is 0 Å². The molecule has 0 radical (unpaired) electrons. The minimum Gasteiger partial charge on any atom is -0.468 e.